The van der Waals surface area contributed by atoms with E-state index in [1.54, 1.807) is 0 Å². The number of benzene rings is 1. The third-order valence-electron chi connectivity index (χ3n) is 2.72. The van der Waals surface area contributed by atoms with Gasteiger partial charge < -0.3 is 15.4 Å². The molecule has 0 spiro atoms. The number of hydrogen-bond acceptors (Lipinski definition) is 3. The van der Waals surface area contributed by atoms with Crippen LogP contribution in [0.4, 0.5) is 0 Å². The lowest BCUT2D eigenvalue weighted by molar-refractivity contribution is -0.121. The smallest absolute Gasteiger partial charge is 0.220 e. The number of ether oxygens (including phenoxy) is 1. The van der Waals surface area contributed by atoms with Gasteiger partial charge in [-0.25, -0.2) is 0 Å². The fourth-order valence-electron chi connectivity index (χ4n) is 1.72. The van der Waals surface area contributed by atoms with E-state index in [4.69, 9.17) is 4.74 Å². The number of hydrogen-bond donors (Lipinski definition) is 2. The molecule has 1 rings (SSSR count). The Kier molecular flexibility index (Phi) is 7.66. The maximum absolute atomic E-state index is 11.6. The van der Waals surface area contributed by atoms with Gasteiger partial charge in [-0.3, -0.25) is 4.79 Å². The van der Waals surface area contributed by atoms with Crippen LogP contribution in [0.25, 0.3) is 0 Å². The van der Waals surface area contributed by atoms with Gasteiger partial charge in [-0.2, -0.15) is 0 Å². The first-order chi connectivity index (χ1) is 9.22. The van der Waals surface area contributed by atoms with Crippen molar-refractivity contribution in [2.45, 2.75) is 32.7 Å². The highest BCUT2D eigenvalue weighted by Crippen LogP contribution is 2.08. The number of likely N-dealkylation sites (N-methyl/N-ethyl adjacent to an activating group) is 1. The Bertz CT molecular complexity index is 354. The number of rotatable bonds is 9. The molecule has 0 unspecified atom stereocenters. The van der Waals surface area contributed by atoms with Crippen LogP contribution < -0.4 is 15.4 Å². The van der Waals surface area contributed by atoms with Gasteiger partial charge in [0.15, 0.2) is 0 Å². The summed E-state index contributed by atoms with van der Waals surface area (Å²) in [6.07, 6.45) is 1.24. The Labute approximate surface area is 115 Å². The van der Waals surface area contributed by atoms with Crippen LogP contribution >= 0.6 is 0 Å². The van der Waals surface area contributed by atoms with Crippen LogP contribution in [0.5, 0.6) is 5.75 Å². The molecule has 106 valence electrons. The van der Waals surface area contributed by atoms with E-state index in [2.05, 4.69) is 24.5 Å². The molecule has 1 aromatic rings. The van der Waals surface area contributed by atoms with E-state index in [0.29, 0.717) is 25.6 Å². The first-order valence-corrected chi connectivity index (χ1v) is 6.90. The molecule has 0 aromatic heterocycles. The van der Waals surface area contributed by atoms with Crippen LogP contribution in [-0.2, 0) is 4.79 Å². The predicted octanol–water partition coefficient (Wildman–Crippen LogP) is 1.96. The summed E-state index contributed by atoms with van der Waals surface area (Å²) < 4.78 is 5.53. The molecule has 0 radical (unpaired) electrons. The number of nitrogens with one attached hydrogen (secondary N) is 2. The quantitative estimate of drug-likeness (QED) is 0.670. The van der Waals surface area contributed by atoms with Crippen LogP contribution in [0.2, 0.25) is 0 Å². The van der Waals surface area contributed by atoms with Crippen LogP contribution in [0.1, 0.15) is 26.7 Å². The van der Waals surface area contributed by atoms with Gasteiger partial charge >= 0.3 is 0 Å². The molecule has 4 heteroatoms. The lowest BCUT2D eigenvalue weighted by Crippen LogP contribution is -2.38. The van der Waals surface area contributed by atoms with Gasteiger partial charge in [0.1, 0.15) is 5.75 Å². The Morgan fingerprint density at radius 3 is 2.74 bits per heavy atom. The molecule has 1 amide bonds. The van der Waals surface area contributed by atoms with E-state index >= 15 is 0 Å². The van der Waals surface area contributed by atoms with Crippen molar-refractivity contribution in [3.8, 4) is 5.75 Å². The zero-order valence-electron chi connectivity index (χ0n) is 11.8. The maximum atomic E-state index is 11.6. The minimum Gasteiger partial charge on any atom is -0.494 e. The second kappa shape index (κ2) is 9.39. The highest BCUT2D eigenvalue weighted by Gasteiger charge is 2.04. The molecule has 0 saturated heterocycles. The SMILES string of the molecule is CCN[C@H](C)CNC(=O)CCCOc1ccccc1. The van der Waals surface area contributed by atoms with E-state index in [9.17, 15) is 4.79 Å². The molecule has 0 fully saturated rings. The summed E-state index contributed by atoms with van der Waals surface area (Å²) in [4.78, 5) is 11.6. The Balaban J connectivity index is 2.04. The highest BCUT2D eigenvalue weighted by molar-refractivity contribution is 5.75. The molecule has 4 nitrogen and oxygen atoms in total. The minimum atomic E-state index is 0.0846. The first-order valence-electron chi connectivity index (χ1n) is 6.90. The van der Waals surface area contributed by atoms with E-state index in [1.165, 1.54) is 0 Å². The van der Waals surface area contributed by atoms with Crippen LogP contribution in [0, 0.1) is 0 Å². The molecule has 0 heterocycles. The average molecular weight is 264 g/mol. The maximum Gasteiger partial charge on any atom is 0.220 e. The van der Waals surface area contributed by atoms with Crippen LogP contribution in [0.15, 0.2) is 30.3 Å². The number of carbonyl (C=O) groups excluding carboxylic acids is 1. The van der Waals surface area contributed by atoms with E-state index < -0.39 is 0 Å². The predicted molar refractivity (Wildman–Crippen MR) is 77.3 cm³/mol. The third kappa shape index (κ3) is 7.47. The summed E-state index contributed by atoms with van der Waals surface area (Å²) in [6.45, 7) is 6.27. The zero-order chi connectivity index (χ0) is 13.9. The molecule has 19 heavy (non-hydrogen) atoms. The fraction of sp³-hybridized carbons (Fsp3) is 0.533. The molecule has 0 aliphatic heterocycles. The standard InChI is InChI=1S/C15H24N2O2/c1-3-16-13(2)12-17-15(18)10-7-11-19-14-8-5-4-6-9-14/h4-6,8-9,13,16H,3,7,10-12H2,1-2H3,(H,17,18)/t13-/m1/s1. The van der Waals surface area contributed by atoms with Crippen molar-refractivity contribution in [1.82, 2.24) is 10.6 Å². The average Bonchev–Trinajstić information content (AvgIpc) is 2.43. The Hall–Kier alpha value is -1.55. The topological polar surface area (TPSA) is 50.4 Å². The largest absolute Gasteiger partial charge is 0.494 e. The summed E-state index contributed by atoms with van der Waals surface area (Å²) in [5.74, 6) is 0.935. The summed E-state index contributed by atoms with van der Waals surface area (Å²) in [5.41, 5.74) is 0. The van der Waals surface area contributed by atoms with Crippen molar-refractivity contribution < 1.29 is 9.53 Å². The second-order valence-corrected chi connectivity index (χ2v) is 4.53. The van der Waals surface area contributed by atoms with Crippen LogP contribution in [-0.4, -0.2) is 31.6 Å². The summed E-state index contributed by atoms with van der Waals surface area (Å²) in [5, 5.41) is 6.16. The van der Waals surface area contributed by atoms with Crippen LogP contribution in [0.3, 0.4) is 0 Å². The molecule has 0 aliphatic carbocycles. The van der Waals surface area contributed by atoms with Gasteiger partial charge in [-0.1, -0.05) is 25.1 Å². The van der Waals surface area contributed by atoms with Crippen molar-refractivity contribution in [3.63, 3.8) is 0 Å². The molecule has 0 aliphatic rings. The van der Waals surface area contributed by atoms with Gasteiger partial charge in [-0.05, 0) is 32.0 Å². The van der Waals surface area contributed by atoms with E-state index in [-0.39, 0.29) is 5.91 Å². The lowest BCUT2D eigenvalue weighted by atomic mass is 10.3. The monoisotopic (exact) mass is 264 g/mol. The van der Waals surface area contributed by atoms with Crippen molar-refractivity contribution in [2.24, 2.45) is 0 Å². The normalized spacial score (nSPS) is 11.9. The number of amides is 1. The zero-order valence-corrected chi connectivity index (χ0v) is 11.8. The van der Waals surface area contributed by atoms with Gasteiger partial charge in [-0.15, -0.1) is 0 Å². The summed E-state index contributed by atoms with van der Waals surface area (Å²) >= 11 is 0. The molecule has 2 N–H and O–H groups in total. The Morgan fingerprint density at radius 1 is 1.32 bits per heavy atom. The third-order valence-corrected chi connectivity index (χ3v) is 2.72. The molecule has 0 bridgehead atoms. The first kappa shape index (κ1) is 15.5. The fourth-order valence-corrected chi connectivity index (χ4v) is 1.72. The van der Waals surface area contributed by atoms with Gasteiger partial charge in [0.05, 0.1) is 6.61 Å². The number of carbonyl (C=O) groups is 1. The summed E-state index contributed by atoms with van der Waals surface area (Å²) in [6, 6.07) is 9.96. The van der Waals surface area contributed by atoms with Crippen molar-refractivity contribution in [1.29, 1.82) is 0 Å². The second-order valence-electron chi connectivity index (χ2n) is 4.53. The molecule has 1 aromatic carbocycles. The Morgan fingerprint density at radius 2 is 2.05 bits per heavy atom. The van der Waals surface area contributed by atoms with Gasteiger partial charge in [0, 0.05) is 19.0 Å². The number of para-hydroxylation sites is 1. The molecule has 1 atom stereocenters. The van der Waals surface area contributed by atoms with Crippen molar-refractivity contribution in [2.75, 3.05) is 19.7 Å². The molecular formula is C15H24N2O2. The highest BCUT2D eigenvalue weighted by atomic mass is 16.5. The minimum absolute atomic E-state index is 0.0846. The molecular weight excluding hydrogens is 240 g/mol. The van der Waals surface area contributed by atoms with Gasteiger partial charge in [0.25, 0.3) is 0 Å². The van der Waals surface area contributed by atoms with Crippen molar-refractivity contribution >= 4 is 5.91 Å². The van der Waals surface area contributed by atoms with Gasteiger partial charge in [0.2, 0.25) is 5.91 Å². The summed E-state index contributed by atoms with van der Waals surface area (Å²) in [7, 11) is 0. The van der Waals surface area contributed by atoms with Crippen molar-refractivity contribution in [3.05, 3.63) is 30.3 Å². The van der Waals surface area contributed by atoms with E-state index in [1.807, 2.05) is 30.3 Å². The lowest BCUT2D eigenvalue weighted by Gasteiger charge is -2.13. The molecule has 0 saturated carbocycles. The van der Waals surface area contributed by atoms with E-state index in [0.717, 1.165) is 18.7 Å².